The number of aryl methyl sites for hydroxylation is 2. The highest BCUT2D eigenvalue weighted by atomic mass is 32.2. The molecule has 8 heteroatoms. The first-order valence-electron chi connectivity index (χ1n) is 12.8. The molecule has 7 nitrogen and oxygen atoms in total. The Morgan fingerprint density at radius 1 is 1.19 bits per heavy atom. The Balaban J connectivity index is 1.37. The largest absolute Gasteiger partial charge is 0.354 e. The minimum atomic E-state index is -1.94. The van der Waals surface area contributed by atoms with E-state index >= 15 is 0 Å². The topological polar surface area (TPSA) is 56.6 Å². The van der Waals surface area contributed by atoms with Gasteiger partial charge in [-0.05, 0) is 32.4 Å². The van der Waals surface area contributed by atoms with Crippen LogP contribution in [0.25, 0.3) is 5.69 Å². The Bertz CT molecular complexity index is 1070. The van der Waals surface area contributed by atoms with Crippen LogP contribution in [0.4, 0.5) is 5.82 Å². The molecular weight excluding hydrogens is 408 g/mol. The van der Waals surface area contributed by atoms with E-state index in [4.69, 9.17) is 5.48 Å². The van der Waals surface area contributed by atoms with Crippen LogP contribution in [0.1, 0.15) is 23.2 Å². The van der Waals surface area contributed by atoms with Crippen LogP contribution in [0.15, 0.2) is 30.3 Å². The van der Waals surface area contributed by atoms with Gasteiger partial charge in [0.2, 0.25) is 5.91 Å². The normalized spacial score (nSPS) is 30.0. The molecule has 0 spiro atoms. The number of amides is 1. The maximum Gasteiger partial charge on any atom is 0.240 e. The summed E-state index contributed by atoms with van der Waals surface area (Å²) in [6.07, 6.45) is 0.402. The summed E-state index contributed by atoms with van der Waals surface area (Å²) in [5, 5.41) is 7.84. The molecule has 3 saturated heterocycles. The molecule has 0 aliphatic carbocycles. The van der Waals surface area contributed by atoms with E-state index in [0.29, 0.717) is 24.7 Å². The predicted molar refractivity (Wildman–Crippen MR) is 126 cm³/mol. The lowest BCUT2D eigenvalue weighted by atomic mass is 10.1. The van der Waals surface area contributed by atoms with Crippen molar-refractivity contribution in [2.45, 2.75) is 32.4 Å². The first-order chi connectivity index (χ1) is 16.5. The van der Waals surface area contributed by atoms with E-state index in [1.807, 2.05) is 49.1 Å². The number of aromatic nitrogens is 2. The Hall–Kier alpha value is -2.03. The molecule has 1 N–H and O–H groups in total. The van der Waals surface area contributed by atoms with E-state index in [1.165, 1.54) is 4.90 Å². The molecule has 0 bridgehead atoms. The van der Waals surface area contributed by atoms with Crippen LogP contribution in [0.5, 0.6) is 0 Å². The van der Waals surface area contributed by atoms with E-state index in [1.54, 1.807) is 21.3 Å². The number of anilines is 1. The lowest BCUT2D eigenvalue weighted by Crippen LogP contribution is -2.51. The average Bonchev–Trinajstić information content (AvgIpc) is 3.53. The van der Waals surface area contributed by atoms with Gasteiger partial charge in [-0.2, -0.15) is 5.10 Å². The number of piperazine rings is 1. The van der Waals surface area contributed by atoms with E-state index in [0.717, 1.165) is 29.2 Å². The first-order valence-corrected chi connectivity index (χ1v) is 12.0. The molecule has 1 aromatic heterocycles. The SMILES string of the molecule is [2H]C1([2H])CN(c2cc(C)nn2-c2ccc(C)cc2)CC([2H])([2H])N1[C@@H]1CN[C@H](C(=O)N2CCSC2)C1. The summed E-state index contributed by atoms with van der Waals surface area (Å²) in [7, 11) is 0. The summed E-state index contributed by atoms with van der Waals surface area (Å²) in [6.45, 7) is 1.15. The highest BCUT2D eigenvalue weighted by Gasteiger charge is 2.36. The van der Waals surface area contributed by atoms with Gasteiger partial charge < -0.3 is 15.1 Å². The number of thioether (sulfide) groups is 1. The summed E-state index contributed by atoms with van der Waals surface area (Å²) < 4.78 is 37.3. The van der Waals surface area contributed by atoms with Crippen molar-refractivity contribution in [3.63, 3.8) is 0 Å². The fraction of sp³-hybridized carbons (Fsp3) is 0.565. The van der Waals surface area contributed by atoms with Gasteiger partial charge in [0.25, 0.3) is 0 Å². The molecular formula is C23H32N6OS. The van der Waals surface area contributed by atoms with Crippen molar-refractivity contribution in [1.82, 2.24) is 24.9 Å². The zero-order chi connectivity index (χ0) is 25.0. The quantitative estimate of drug-likeness (QED) is 0.777. The van der Waals surface area contributed by atoms with Gasteiger partial charge in [0, 0.05) is 62.5 Å². The first kappa shape index (κ1) is 16.6. The van der Waals surface area contributed by atoms with Gasteiger partial charge in [0.05, 0.1) is 23.3 Å². The second kappa shape index (κ2) is 8.84. The van der Waals surface area contributed by atoms with Crippen molar-refractivity contribution >= 4 is 23.5 Å². The molecule has 5 rings (SSSR count). The van der Waals surface area contributed by atoms with Crippen LogP contribution >= 0.6 is 11.8 Å². The maximum absolute atomic E-state index is 12.9. The summed E-state index contributed by atoms with van der Waals surface area (Å²) in [5.74, 6) is 2.33. The van der Waals surface area contributed by atoms with Gasteiger partial charge in [0.1, 0.15) is 5.82 Å². The highest BCUT2D eigenvalue weighted by Crippen LogP contribution is 2.25. The van der Waals surface area contributed by atoms with Crippen LogP contribution in [0, 0.1) is 13.8 Å². The van der Waals surface area contributed by atoms with Crippen LogP contribution < -0.4 is 10.2 Å². The Morgan fingerprint density at radius 3 is 2.68 bits per heavy atom. The number of carbonyl (C=O) groups excluding carboxylic acids is 1. The Labute approximate surface area is 194 Å². The maximum atomic E-state index is 12.9. The molecule has 1 aromatic carbocycles. The zero-order valence-electron chi connectivity index (χ0n) is 22.0. The third kappa shape index (κ3) is 4.33. The summed E-state index contributed by atoms with van der Waals surface area (Å²) in [6, 6.07) is 9.00. The van der Waals surface area contributed by atoms with Crippen molar-refractivity contribution in [2.75, 3.05) is 55.7 Å². The van der Waals surface area contributed by atoms with Gasteiger partial charge in [-0.1, -0.05) is 17.7 Å². The molecule has 166 valence electrons. The van der Waals surface area contributed by atoms with E-state index in [2.05, 4.69) is 10.4 Å². The molecule has 1 amide bonds. The number of rotatable bonds is 4. The third-order valence-corrected chi connectivity index (χ3v) is 7.08. The molecule has 0 unspecified atom stereocenters. The van der Waals surface area contributed by atoms with E-state index < -0.39 is 25.1 Å². The lowest BCUT2D eigenvalue weighted by molar-refractivity contribution is -0.131. The number of carbonyl (C=O) groups is 1. The van der Waals surface area contributed by atoms with Crippen molar-refractivity contribution in [2.24, 2.45) is 0 Å². The van der Waals surface area contributed by atoms with Crippen LogP contribution in [0.3, 0.4) is 0 Å². The van der Waals surface area contributed by atoms with Crippen LogP contribution in [0.2, 0.25) is 0 Å². The molecule has 2 aromatic rings. The molecule has 0 saturated carbocycles. The summed E-state index contributed by atoms with van der Waals surface area (Å²) in [5.41, 5.74) is 2.76. The van der Waals surface area contributed by atoms with Crippen molar-refractivity contribution < 1.29 is 10.3 Å². The second-order valence-electron chi connectivity index (χ2n) is 8.42. The number of nitrogens with one attached hydrogen (secondary N) is 1. The standard InChI is InChI=1S/C23H32N6OS/c1-17-3-5-19(6-4-17)29-22(13-18(2)25-29)27-9-7-26(8-10-27)20-14-21(24-15-20)23(30)28-11-12-31-16-28/h3-6,13,20-21,24H,7-12,14-16H2,1-2H3/t20-,21-/m0/s1/i7D2,8D2. The van der Waals surface area contributed by atoms with Crippen molar-refractivity contribution in [3.05, 3.63) is 41.6 Å². The predicted octanol–water partition coefficient (Wildman–Crippen LogP) is 1.87. The Kier molecular flexibility index (Phi) is 4.73. The number of nitrogens with zero attached hydrogens (tertiary/aromatic N) is 5. The highest BCUT2D eigenvalue weighted by molar-refractivity contribution is 7.99. The zero-order valence-corrected chi connectivity index (χ0v) is 18.9. The second-order valence-corrected chi connectivity index (χ2v) is 9.50. The summed E-state index contributed by atoms with van der Waals surface area (Å²) >= 11 is 1.73. The molecule has 3 aliphatic heterocycles. The summed E-state index contributed by atoms with van der Waals surface area (Å²) in [4.78, 5) is 17.8. The smallest absolute Gasteiger partial charge is 0.240 e. The molecule has 2 atom stereocenters. The average molecular weight is 445 g/mol. The monoisotopic (exact) mass is 444 g/mol. The molecule has 3 fully saturated rings. The fourth-order valence-corrected chi connectivity index (χ4v) is 5.31. The third-order valence-electron chi connectivity index (χ3n) is 6.11. The minimum Gasteiger partial charge on any atom is -0.354 e. The molecule has 0 radical (unpaired) electrons. The lowest BCUT2D eigenvalue weighted by Gasteiger charge is -2.38. The van der Waals surface area contributed by atoms with E-state index in [-0.39, 0.29) is 19.0 Å². The number of hydrogen-bond acceptors (Lipinski definition) is 6. The van der Waals surface area contributed by atoms with Gasteiger partial charge in [-0.25, -0.2) is 4.68 Å². The fourth-order valence-electron chi connectivity index (χ4n) is 4.35. The molecule has 3 aliphatic rings. The van der Waals surface area contributed by atoms with Gasteiger partial charge in [-0.15, -0.1) is 11.8 Å². The van der Waals surface area contributed by atoms with Crippen LogP contribution in [-0.2, 0) is 4.79 Å². The minimum absolute atomic E-state index is 0.00137. The van der Waals surface area contributed by atoms with Crippen molar-refractivity contribution in [1.29, 1.82) is 0 Å². The molecule has 4 heterocycles. The van der Waals surface area contributed by atoms with Gasteiger partial charge in [0.15, 0.2) is 0 Å². The van der Waals surface area contributed by atoms with Crippen molar-refractivity contribution in [3.8, 4) is 5.69 Å². The number of benzene rings is 1. The number of hydrogen-bond donors (Lipinski definition) is 1. The van der Waals surface area contributed by atoms with E-state index in [9.17, 15) is 4.79 Å². The van der Waals surface area contributed by atoms with Gasteiger partial charge in [-0.3, -0.25) is 9.69 Å². The Morgan fingerprint density at radius 2 is 1.97 bits per heavy atom. The molecule has 31 heavy (non-hydrogen) atoms. The van der Waals surface area contributed by atoms with Crippen LogP contribution in [-0.4, -0.2) is 88.4 Å². The van der Waals surface area contributed by atoms with Gasteiger partial charge >= 0.3 is 0 Å².